The van der Waals surface area contributed by atoms with E-state index in [4.69, 9.17) is 23.2 Å². The molecule has 0 saturated carbocycles. The summed E-state index contributed by atoms with van der Waals surface area (Å²) in [5.74, 6) is 0.561. The lowest BCUT2D eigenvalue weighted by molar-refractivity contribution is 1.04. The molecule has 0 aliphatic carbocycles. The van der Waals surface area contributed by atoms with E-state index in [1.165, 1.54) is 5.56 Å². The Morgan fingerprint density at radius 1 is 1.00 bits per heavy atom. The van der Waals surface area contributed by atoms with Crippen molar-refractivity contribution in [2.24, 2.45) is 0 Å². The number of nitrogens with zero attached hydrogens (tertiary/aromatic N) is 2. The van der Waals surface area contributed by atoms with Gasteiger partial charge < -0.3 is 5.32 Å². The summed E-state index contributed by atoms with van der Waals surface area (Å²) in [6, 6.07) is 8.23. The molecule has 0 aliphatic heterocycles. The molecule has 1 heterocycles. The molecule has 18 heavy (non-hydrogen) atoms. The molecule has 1 N–H and O–H groups in total. The van der Waals surface area contributed by atoms with Gasteiger partial charge >= 0.3 is 0 Å². The highest BCUT2D eigenvalue weighted by Gasteiger charge is 2.09. The number of anilines is 1. The van der Waals surface area contributed by atoms with Crippen LogP contribution in [0.15, 0.2) is 24.3 Å². The van der Waals surface area contributed by atoms with Crippen molar-refractivity contribution >= 4 is 28.9 Å². The summed E-state index contributed by atoms with van der Waals surface area (Å²) in [6.07, 6.45) is 0. The molecule has 0 bridgehead atoms. The molecule has 1 aromatic carbocycles. The van der Waals surface area contributed by atoms with Crippen LogP contribution < -0.4 is 5.32 Å². The molecular weight excluding hydrogens is 269 g/mol. The zero-order chi connectivity index (χ0) is 13.1. The second-order valence-electron chi connectivity index (χ2n) is 4.07. The zero-order valence-corrected chi connectivity index (χ0v) is 11.7. The number of hydrogen-bond acceptors (Lipinski definition) is 3. The van der Waals surface area contributed by atoms with E-state index in [0.717, 1.165) is 5.56 Å². The lowest BCUT2D eigenvalue weighted by Crippen LogP contribution is -2.03. The first kappa shape index (κ1) is 13.1. The quantitative estimate of drug-likeness (QED) is 0.864. The molecule has 0 radical (unpaired) electrons. The minimum atomic E-state index is 0.347. The number of benzene rings is 1. The summed E-state index contributed by atoms with van der Waals surface area (Å²) >= 11 is 12.1. The van der Waals surface area contributed by atoms with Crippen LogP contribution >= 0.6 is 23.2 Å². The molecule has 0 aliphatic rings. The number of hydrogen-bond donors (Lipinski definition) is 1. The van der Waals surface area contributed by atoms with Gasteiger partial charge in [-0.05, 0) is 19.4 Å². The molecule has 0 spiro atoms. The number of aromatic nitrogens is 2. The highest BCUT2D eigenvalue weighted by molar-refractivity contribution is 6.37. The van der Waals surface area contributed by atoms with E-state index in [9.17, 15) is 0 Å². The summed E-state index contributed by atoms with van der Waals surface area (Å²) in [7, 11) is 0. The zero-order valence-electron chi connectivity index (χ0n) is 10.2. The Labute approximate surface area is 116 Å². The van der Waals surface area contributed by atoms with Crippen LogP contribution in [0.4, 0.5) is 5.69 Å². The van der Waals surface area contributed by atoms with Crippen molar-refractivity contribution in [2.45, 2.75) is 20.4 Å². The van der Waals surface area contributed by atoms with Crippen LogP contribution in [-0.4, -0.2) is 9.97 Å². The Kier molecular flexibility index (Phi) is 4.04. The SMILES string of the molecule is Cc1ccc(CNc2c(Cl)nc(C)nc2Cl)cc1. The highest BCUT2D eigenvalue weighted by atomic mass is 35.5. The van der Waals surface area contributed by atoms with Crippen LogP contribution in [-0.2, 0) is 6.54 Å². The number of rotatable bonds is 3. The predicted molar refractivity (Wildman–Crippen MR) is 75.3 cm³/mol. The molecule has 2 aromatic rings. The van der Waals surface area contributed by atoms with Crippen LogP contribution in [0.5, 0.6) is 0 Å². The molecule has 2 rings (SSSR count). The first-order chi connectivity index (χ1) is 8.56. The summed E-state index contributed by atoms with van der Waals surface area (Å²) < 4.78 is 0. The van der Waals surface area contributed by atoms with Crippen LogP contribution in [0.3, 0.4) is 0 Å². The summed E-state index contributed by atoms with van der Waals surface area (Å²) in [5.41, 5.74) is 2.95. The highest BCUT2D eigenvalue weighted by Crippen LogP contribution is 2.27. The number of halogens is 2. The normalized spacial score (nSPS) is 10.4. The van der Waals surface area contributed by atoms with Gasteiger partial charge in [0.1, 0.15) is 11.5 Å². The van der Waals surface area contributed by atoms with Gasteiger partial charge in [-0.25, -0.2) is 9.97 Å². The van der Waals surface area contributed by atoms with Crippen LogP contribution in [0.2, 0.25) is 10.3 Å². The maximum absolute atomic E-state index is 6.03. The standard InChI is InChI=1S/C13H13Cl2N3/c1-8-3-5-10(6-4-8)7-16-11-12(14)17-9(2)18-13(11)15/h3-6,16H,7H2,1-2H3. The molecule has 0 atom stereocenters. The van der Waals surface area contributed by atoms with E-state index in [2.05, 4.69) is 46.5 Å². The van der Waals surface area contributed by atoms with E-state index in [1.54, 1.807) is 6.92 Å². The second kappa shape index (κ2) is 5.55. The first-order valence-corrected chi connectivity index (χ1v) is 6.31. The Bertz CT molecular complexity index is 530. The molecule has 94 valence electrons. The second-order valence-corrected chi connectivity index (χ2v) is 4.78. The Hall–Kier alpha value is -1.32. The van der Waals surface area contributed by atoms with Crippen molar-refractivity contribution in [1.82, 2.24) is 9.97 Å². The molecule has 1 aromatic heterocycles. The molecule has 0 amide bonds. The van der Waals surface area contributed by atoms with Crippen molar-refractivity contribution in [3.05, 3.63) is 51.5 Å². The third kappa shape index (κ3) is 3.12. The monoisotopic (exact) mass is 281 g/mol. The van der Waals surface area contributed by atoms with Gasteiger partial charge in [-0.3, -0.25) is 0 Å². The van der Waals surface area contributed by atoms with Crippen LogP contribution in [0, 0.1) is 13.8 Å². The fourth-order valence-corrected chi connectivity index (χ4v) is 2.15. The Morgan fingerprint density at radius 3 is 2.11 bits per heavy atom. The van der Waals surface area contributed by atoms with Gasteiger partial charge in [0, 0.05) is 6.54 Å². The number of nitrogens with one attached hydrogen (secondary N) is 1. The van der Waals surface area contributed by atoms with E-state index < -0.39 is 0 Å². The maximum Gasteiger partial charge on any atom is 0.157 e. The fraction of sp³-hybridized carbons (Fsp3) is 0.231. The van der Waals surface area contributed by atoms with Gasteiger partial charge in [-0.1, -0.05) is 53.0 Å². The summed E-state index contributed by atoms with van der Waals surface area (Å²) in [6.45, 7) is 4.44. The predicted octanol–water partition coefficient (Wildman–Crippen LogP) is 4.01. The first-order valence-electron chi connectivity index (χ1n) is 5.55. The average Bonchev–Trinajstić information content (AvgIpc) is 2.30. The largest absolute Gasteiger partial charge is 0.376 e. The fourth-order valence-electron chi connectivity index (χ4n) is 1.55. The molecule has 5 heteroatoms. The van der Waals surface area contributed by atoms with Crippen molar-refractivity contribution in [3.63, 3.8) is 0 Å². The van der Waals surface area contributed by atoms with E-state index in [1.807, 2.05) is 0 Å². The van der Waals surface area contributed by atoms with E-state index >= 15 is 0 Å². The molecule has 3 nitrogen and oxygen atoms in total. The van der Waals surface area contributed by atoms with Crippen LogP contribution in [0.1, 0.15) is 17.0 Å². The lowest BCUT2D eigenvalue weighted by atomic mass is 10.1. The van der Waals surface area contributed by atoms with Gasteiger partial charge in [0.2, 0.25) is 0 Å². The summed E-state index contributed by atoms with van der Waals surface area (Å²) in [5, 5.41) is 3.85. The molecule has 0 unspecified atom stereocenters. The van der Waals surface area contributed by atoms with Crippen molar-refractivity contribution in [1.29, 1.82) is 0 Å². The minimum Gasteiger partial charge on any atom is -0.376 e. The van der Waals surface area contributed by atoms with E-state index in [-0.39, 0.29) is 0 Å². The number of aryl methyl sites for hydroxylation is 2. The van der Waals surface area contributed by atoms with Gasteiger partial charge in [-0.2, -0.15) is 0 Å². The molecule has 0 fully saturated rings. The Morgan fingerprint density at radius 2 is 1.56 bits per heavy atom. The van der Waals surface area contributed by atoms with Gasteiger partial charge in [0.15, 0.2) is 10.3 Å². The minimum absolute atomic E-state index is 0.347. The maximum atomic E-state index is 6.03. The third-order valence-electron chi connectivity index (χ3n) is 2.52. The third-order valence-corrected chi connectivity index (χ3v) is 3.07. The topological polar surface area (TPSA) is 37.8 Å². The van der Waals surface area contributed by atoms with Crippen molar-refractivity contribution in [2.75, 3.05) is 5.32 Å². The summed E-state index contributed by atoms with van der Waals surface area (Å²) in [4.78, 5) is 8.14. The van der Waals surface area contributed by atoms with E-state index in [0.29, 0.717) is 28.4 Å². The van der Waals surface area contributed by atoms with Gasteiger partial charge in [0.05, 0.1) is 0 Å². The Balaban J connectivity index is 2.13. The van der Waals surface area contributed by atoms with Crippen LogP contribution in [0.25, 0.3) is 0 Å². The average molecular weight is 282 g/mol. The van der Waals surface area contributed by atoms with Gasteiger partial charge in [0.25, 0.3) is 0 Å². The molecule has 0 saturated heterocycles. The molecular formula is C13H13Cl2N3. The van der Waals surface area contributed by atoms with Crippen molar-refractivity contribution in [3.8, 4) is 0 Å². The van der Waals surface area contributed by atoms with Gasteiger partial charge in [-0.15, -0.1) is 0 Å². The smallest absolute Gasteiger partial charge is 0.157 e. The van der Waals surface area contributed by atoms with Crippen molar-refractivity contribution < 1.29 is 0 Å². The lowest BCUT2D eigenvalue weighted by Gasteiger charge is -2.10.